The molecule has 0 radical (unpaired) electrons. The van der Waals surface area contributed by atoms with Crippen molar-refractivity contribution in [3.05, 3.63) is 42.5 Å². The lowest BCUT2D eigenvalue weighted by Gasteiger charge is -2.43. The highest BCUT2D eigenvalue weighted by Crippen LogP contribution is 2.36. The molecule has 0 unspecified atom stereocenters. The van der Waals surface area contributed by atoms with Gasteiger partial charge in [-0.15, -0.1) is 0 Å². The predicted octanol–water partition coefficient (Wildman–Crippen LogP) is 6.11. The second-order valence-electron chi connectivity index (χ2n) is 11.5. The van der Waals surface area contributed by atoms with Crippen LogP contribution in [-0.2, 0) is 5.41 Å². The van der Waals surface area contributed by atoms with E-state index in [1.807, 2.05) is 18.2 Å². The summed E-state index contributed by atoms with van der Waals surface area (Å²) >= 11 is 0. The molecule has 2 rings (SSSR count). The summed E-state index contributed by atoms with van der Waals surface area (Å²) in [5.74, 6) is 0.833. The molecule has 1 N–H and O–H groups in total. The molecule has 0 heterocycles. The SMILES string of the molecule is C=CC[N@+](C)(C[C@H](O)COc1ccc(C(C)(C)CC(C)(C)C)cc1)C1CCCCC1. The van der Waals surface area contributed by atoms with Crippen LogP contribution in [0.15, 0.2) is 36.9 Å². The van der Waals surface area contributed by atoms with Gasteiger partial charge in [0, 0.05) is 0 Å². The number of quaternary nitrogens is 1. The van der Waals surface area contributed by atoms with Crippen LogP contribution in [0.5, 0.6) is 5.75 Å². The minimum atomic E-state index is -0.478. The fraction of sp³-hybridized carbons (Fsp3) is 0.704. The van der Waals surface area contributed by atoms with Gasteiger partial charge in [-0.25, -0.2) is 0 Å². The van der Waals surface area contributed by atoms with Gasteiger partial charge in [-0.1, -0.05) is 59.8 Å². The Bertz CT molecular complexity index is 652. The van der Waals surface area contributed by atoms with Crippen LogP contribution in [0.1, 0.15) is 78.7 Å². The number of aliphatic hydroxyl groups is 1. The van der Waals surface area contributed by atoms with E-state index in [4.69, 9.17) is 4.74 Å². The third-order valence-corrected chi connectivity index (χ3v) is 6.68. The Balaban J connectivity index is 1.93. The van der Waals surface area contributed by atoms with Gasteiger partial charge in [0.1, 0.15) is 25.0 Å². The summed E-state index contributed by atoms with van der Waals surface area (Å²) in [6.07, 6.45) is 9.11. The molecule has 1 fully saturated rings. The summed E-state index contributed by atoms with van der Waals surface area (Å²) < 4.78 is 6.83. The first kappa shape index (κ1) is 24.9. The van der Waals surface area contributed by atoms with Crippen molar-refractivity contribution in [1.29, 1.82) is 0 Å². The average molecular weight is 417 g/mol. The van der Waals surface area contributed by atoms with E-state index in [0.29, 0.717) is 19.2 Å². The molecule has 1 aliphatic rings. The molecule has 30 heavy (non-hydrogen) atoms. The van der Waals surface area contributed by atoms with Crippen LogP contribution in [-0.4, -0.2) is 48.5 Å². The van der Waals surface area contributed by atoms with Gasteiger partial charge in [-0.05, 0) is 66.7 Å². The summed E-state index contributed by atoms with van der Waals surface area (Å²) in [6.45, 7) is 17.4. The second kappa shape index (κ2) is 10.3. The molecule has 1 aromatic rings. The molecule has 0 aliphatic heterocycles. The lowest BCUT2D eigenvalue weighted by atomic mass is 9.72. The van der Waals surface area contributed by atoms with E-state index in [9.17, 15) is 5.11 Å². The molecule has 1 saturated carbocycles. The number of likely N-dealkylation sites (N-methyl/N-ethyl adjacent to an activating group) is 1. The van der Waals surface area contributed by atoms with Gasteiger partial charge >= 0.3 is 0 Å². The van der Waals surface area contributed by atoms with Gasteiger partial charge in [-0.3, -0.25) is 0 Å². The van der Waals surface area contributed by atoms with Crippen molar-refractivity contribution in [2.75, 3.05) is 26.7 Å². The van der Waals surface area contributed by atoms with Gasteiger partial charge in [0.25, 0.3) is 0 Å². The number of nitrogens with zero attached hydrogens (tertiary/aromatic N) is 1. The molecule has 0 aromatic heterocycles. The quantitative estimate of drug-likeness (QED) is 0.368. The summed E-state index contributed by atoms with van der Waals surface area (Å²) in [5.41, 5.74) is 1.75. The number of hydrogen-bond donors (Lipinski definition) is 1. The van der Waals surface area contributed by atoms with E-state index in [0.717, 1.165) is 23.2 Å². The van der Waals surface area contributed by atoms with Crippen LogP contribution in [0.4, 0.5) is 0 Å². The largest absolute Gasteiger partial charge is 0.491 e. The molecule has 0 bridgehead atoms. The highest BCUT2D eigenvalue weighted by Gasteiger charge is 2.35. The maximum atomic E-state index is 10.7. The van der Waals surface area contributed by atoms with Crippen molar-refractivity contribution in [3.63, 3.8) is 0 Å². The second-order valence-corrected chi connectivity index (χ2v) is 11.5. The summed E-state index contributed by atoms with van der Waals surface area (Å²) in [7, 11) is 2.27. The first-order valence-corrected chi connectivity index (χ1v) is 11.8. The fourth-order valence-corrected chi connectivity index (χ4v) is 5.53. The Labute approximate surface area is 185 Å². The Morgan fingerprint density at radius 1 is 1.10 bits per heavy atom. The highest BCUT2D eigenvalue weighted by molar-refractivity contribution is 5.31. The van der Waals surface area contributed by atoms with Crippen molar-refractivity contribution < 1.29 is 14.3 Å². The van der Waals surface area contributed by atoms with Crippen molar-refractivity contribution in [2.45, 2.75) is 90.7 Å². The monoisotopic (exact) mass is 416 g/mol. The molecule has 1 aliphatic carbocycles. The number of aliphatic hydroxyl groups excluding tert-OH is 1. The number of ether oxygens (including phenoxy) is 1. The molecule has 0 amide bonds. The average Bonchev–Trinajstić information content (AvgIpc) is 2.66. The lowest BCUT2D eigenvalue weighted by Crippen LogP contribution is -2.57. The maximum Gasteiger partial charge on any atom is 0.137 e. The van der Waals surface area contributed by atoms with E-state index in [2.05, 4.69) is 60.4 Å². The Morgan fingerprint density at radius 3 is 2.23 bits per heavy atom. The summed E-state index contributed by atoms with van der Waals surface area (Å²) in [6, 6.07) is 9.06. The molecule has 3 nitrogen and oxygen atoms in total. The predicted molar refractivity (Wildman–Crippen MR) is 128 cm³/mol. The first-order valence-electron chi connectivity index (χ1n) is 11.8. The van der Waals surface area contributed by atoms with Gasteiger partial charge < -0.3 is 14.3 Å². The minimum absolute atomic E-state index is 0.125. The zero-order chi connectivity index (χ0) is 22.4. The van der Waals surface area contributed by atoms with Crippen LogP contribution in [0.25, 0.3) is 0 Å². The first-order chi connectivity index (χ1) is 14.0. The molecule has 1 aromatic carbocycles. The molecular formula is C27H46NO2+. The summed E-state index contributed by atoms with van der Waals surface area (Å²) in [5, 5.41) is 10.7. The summed E-state index contributed by atoms with van der Waals surface area (Å²) in [4.78, 5) is 0. The normalized spacial score (nSPS) is 19.2. The number of hydrogen-bond acceptors (Lipinski definition) is 2. The Hall–Kier alpha value is -1.32. The van der Waals surface area contributed by atoms with E-state index < -0.39 is 6.10 Å². The molecule has 0 spiro atoms. The van der Waals surface area contributed by atoms with Crippen molar-refractivity contribution in [1.82, 2.24) is 0 Å². The van der Waals surface area contributed by atoms with Gasteiger partial charge in [0.05, 0.1) is 19.6 Å². The zero-order valence-corrected chi connectivity index (χ0v) is 20.4. The van der Waals surface area contributed by atoms with Crippen molar-refractivity contribution in [3.8, 4) is 5.75 Å². The van der Waals surface area contributed by atoms with Crippen LogP contribution >= 0.6 is 0 Å². The molecule has 170 valence electrons. The van der Waals surface area contributed by atoms with Crippen LogP contribution < -0.4 is 4.74 Å². The van der Waals surface area contributed by atoms with Crippen molar-refractivity contribution in [2.24, 2.45) is 5.41 Å². The fourth-order valence-electron chi connectivity index (χ4n) is 5.53. The zero-order valence-electron chi connectivity index (χ0n) is 20.4. The minimum Gasteiger partial charge on any atom is -0.491 e. The maximum absolute atomic E-state index is 10.7. The third kappa shape index (κ3) is 7.42. The third-order valence-electron chi connectivity index (χ3n) is 6.68. The van der Waals surface area contributed by atoms with Gasteiger partial charge in [-0.2, -0.15) is 0 Å². The van der Waals surface area contributed by atoms with E-state index >= 15 is 0 Å². The standard InChI is InChI=1S/C27H46NO2/c1-8-18-28(7,23-12-10-9-11-13-23)19-24(29)20-30-25-16-14-22(15-17-25)27(5,6)21-26(2,3)4/h8,14-17,23-24,29H,1,9-13,18-21H2,2-7H3/q+1/t24-,28+/m0/s1. The number of benzene rings is 1. The Morgan fingerprint density at radius 2 is 1.70 bits per heavy atom. The van der Waals surface area contributed by atoms with E-state index in [1.165, 1.54) is 37.7 Å². The highest BCUT2D eigenvalue weighted by atomic mass is 16.5. The van der Waals surface area contributed by atoms with Gasteiger partial charge in [0.2, 0.25) is 0 Å². The molecular weight excluding hydrogens is 370 g/mol. The smallest absolute Gasteiger partial charge is 0.137 e. The van der Waals surface area contributed by atoms with E-state index in [-0.39, 0.29) is 10.8 Å². The van der Waals surface area contributed by atoms with E-state index in [1.54, 1.807) is 0 Å². The van der Waals surface area contributed by atoms with Crippen LogP contribution in [0, 0.1) is 5.41 Å². The van der Waals surface area contributed by atoms with Gasteiger partial charge in [0.15, 0.2) is 0 Å². The van der Waals surface area contributed by atoms with Crippen LogP contribution in [0.3, 0.4) is 0 Å². The topological polar surface area (TPSA) is 29.5 Å². The Kier molecular flexibility index (Phi) is 8.59. The molecule has 3 heteroatoms. The molecule has 0 saturated heterocycles. The van der Waals surface area contributed by atoms with Crippen molar-refractivity contribution >= 4 is 0 Å². The molecule has 2 atom stereocenters. The number of rotatable bonds is 10. The lowest BCUT2D eigenvalue weighted by molar-refractivity contribution is -0.932. The van der Waals surface area contributed by atoms with Crippen LogP contribution in [0.2, 0.25) is 0 Å².